The number of fused-ring (bicyclic) bond motifs is 5. The first-order valence-electron chi connectivity index (χ1n) is 19.4. The van der Waals surface area contributed by atoms with Crippen LogP contribution in [0.1, 0.15) is 81.5 Å². The highest BCUT2D eigenvalue weighted by Crippen LogP contribution is 2.64. The molecule has 7 rings (SSSR count). The van der Waals surface area contributed by atoms with Crippen molar-refractivity contribution in [1.29, 1.82) is 0 Å². The molecule has 5 aliphatic rings. The monoisotopic (exact) mass is 803 g/mol. The van der Waals surface area contributed by atoms with Crippen LogP contribution < -0.4 is 5.32 Å². The molecule has 12 atom stereocenters. The Morgan fingerprint density at radius 3 is 2.07 bits per heavy atom. The van der Waals surface area contributed by atoms with Gasteiger partial charge < -0.3 is 44.3 Å². The van der Waals surface area contributed by atoms with Gasteiger partial charge in [-0.1, -0.05) is 50.2 Å². The van der Waals surface area contributed by atoms with Gasteiger partial charge in [0.2, 0.25) is 0 Å². The van der Waals surface area contributed by atoms with Crippen LogP contribution in [0.4, 0.5) is 0 Å². The normalized spacial score (nSPS) is 36.3. The minimum atomic E-state index is -2.33. The van der Waals surface area contributed by atoms with E-state index in [1.54, 1.807) is 69.3 Å². The number of amides is 1. The molecule has 4 fully saturated rings. The minimum absolute atomic E-state index is 0.0364. The molecule has 2 bridgehead atoms. The Balaban J connectivity index is 1.33. The highest BCUT2D eigenvalue weighted by Gasteiger charge is 2.78. The Bertz CT molecular complexity index is 2050. The van der Waals surface area contributed by atoms with E-state index in [2.05, 4.69) is 5.32 Å². The van der Waals surface area contributed by atoms with Crippen molar-refractivity contribution in [2.45, 2.75) is 115 Å². The minimum Gasteiger partial charge on any atom is -0.456 e. The number of carbonyl (C=O) groups excluding carboxylic acids is 6. The molecule has 4 N–H and O–H groups in total. The van der Waals surface area contributed by atoms with Gasteiger partial charge in [-0.3, -0.25) is 19.2 Å². The topological polar surface area (TPSA) is 221 Å². The highest BCUT2D eigenvalue weighted by molar-refractivity contribution is 5.96. The Morgan fingerprint density at radius 2 is 1.50 bits per heavy atom. The third-order valence-electron chi connectivity index (χ3n) is 13.3. The Hall–Kier alpha value is -4.96. The maximum absolute atomic E-state index is 15.3. The van der Waals surface area contributed by atoms with Crippen LogP contribution in [0.15, 0.2) is 71.8 Å². The molecule has 0 spiro atoms. The predicted octanol–water partition coefficient (Wildman–Crippen LogP) is 2.38. The van der Waals surface area contributed by atoms with Crippen LogP contribution in [0.5, 0.6) is 0 Å². The third kappa shape index (κ3) is 6.52. The van der Waals surface area contributed by atoms with Crippen LogP contribution in [-0.2, 0) is 42.9 Å². The van der Waals surface area contributed by atoms with Crippen molar-refractivity contribution in [1.82, 2.24) is 5.32 Å². The second-order valence-corrected chi connectivity index (χ2v) is 17.0. The van der Waals surface area contributed by atoms with Gasteiger partial charge in [-0.15, -0.1) is 0 Å². The Labute approximate surface area is 335 Å². The van der Waals surface area contributed by atoms with E-state index in [1.165, 1.54) is 19.1 Å². The van der Waals surface area contributed by atoms with Gasteiger partial charge in [-0.25, -0.2) is 9.59 Å². The molecule has 0 radical (unpaired) electrons. The lowest BCUT2D eigenvalue weighted by Gasteiger charge is -2.67. The summed E-state index contributed by atoms with van der Waals surface area (Å²) in [4.78, 5) is 81.8. The molecule has 0 aromatic heterocycles. The summed E-state index contributed by atoms with van der Waals surface area (Å²) in [5.41, 5.74) is -6.95. The number of ketones is 1. The molecule has 1 aliphatic heterocycles. The van der Waals surface area contributed by atoms with E-state index in [0.29, 0.717) is 5.56 Å². The van der Waals surface area contributed by atoms with E-state index in [0.717, 1.165) is 13.8 Å². The van der Waals surface area contributed by atoms with Gasteiger partial charge in [-0.05, 0) is 55.7 Å². The summed E-state index contributed by atoms with van der Waals surface area (Å²) in [6.45, 7) is 8.07. The number of carbonyl (C=O) groups is 6. The van der Waals surface area contributed by atoms with Crippen molar-refractivity contribution in [3.05, 3.63) is 82.9 Å². The van der Waals surface area contributed by atoms with Crippen molar-refractivity contribution in [2.75, 3.05) is 6.61 Å². The Kier molecular flexibility index (Phi) is 10.4. The van der Waals surface area contributed by atoms with Crippen molar-refractivity contribution < 1.29 is 67.8 Å². The lowest BCUT2D eigenvalue weighted by molar-refractivity contribution is -0.346. The molecule has 1 heterocycles. The number of aliphatic hydroxyl groups excluding tert-OH is 2. The second kappa shape index (κ2) is 14.7. The molecule has 2 aromatic carbocycles. The maximum Gasteiger partial charge on any atom is 0.338 e. The molecule has 1 amide bonds. The molecular formula is C43H49NO14. The lowest BCUT2D eigenvalue weighted by atomic mass is 9.44. The number of esters is 4. The molecule has 1 saturated heterocycles. The second-order valence-electron chi connectivity index (χ2n) is 17.0. The van der Waals surface area contributed by atoms with Gasteiger partial charge in [0.1, 0.15) is 23.9 Å². The van der Waals surface area contributed by atoms with Gasteiger partial charge in [0, 0.05) is 49.6 Å². The zero-order valence-electron chi connectivity index (χ0n) is 33.1. The van der Waals surface area contributed by atoms with E-state index in [4.69, 9.17) is 23.7 Å². The fourth-order valence-corrected chi connectivity index (χ4v) is 9.97. The average Bonchev–Trinajstić information content (AvgIpc) is 3.94. The summed E-state index contributed by atoms with van der Waals surface area (Å²) in [5, 5.41) is 39.5. The van der Waals surface area contributed by atoms with Gasteiger partial charge in [0.25, 0.3) is 5.91 Å². The molecule has 2 unspecified atom stereocenters. The number of hydrogen-bond donors (Lipinski definition) is 4. The molecule has 15 heteroatoms. The number of Topliss-reactive ketones (excluding diaryl/α,β-unsaturated/α-hetero) is 1. The molecule has 2 aromatic rings. The lowest BCUT2D eigenvalue weighted by Crippen LogP contribution is -2.82. The van der Waals surface area contributed by atoms with Gasteiger partial charge in [0.05, 0.1) is 29.6 Å². The maximum atomic E-state index is 15.3. The van der Waals surface area contributed by atoms with Crippen LogP contribution in [0, 0.1) is 22.7 Å². The van der Waals surface area contributed by atoms with Gasteiger partial charge in [0.15, 0.2) is 23.6 Å². The van der Waals surface area contributed by atoms with E-state index < -0.39 is 113 Å². The quantitative estimate of drug-likeness (QED) is 0.163. The average molecular weight is 804 g/mol. The summed E-state index contributed by atoms with van der Waals surface area (Å²) < 4.78 is 30.0. The van der Waals surface area contributed by atoms with Gasteiger partial charge >= 0.3 is 23.9 Å². The van der Waals surface area contributed by atoms with Crippen molar-refractivity contribution in [3.8, 4) is 0 Å². The molecule has 3 saturated carbocycles. The van der Waals surface area contributed by atoms with Gasteiger partial charge in [-0.2, -0.15) is 0 Å². The number of nitrogens with one attached hydrogen (secondary N) is 1. The van der Waals surface area contributed by atoms with Crippen molar-refractivity contribution in [3.63, 3.8) is 0 Å². The summed E-state index contributed by atoms with van der Waals surface area (Å²) in [6, 6.07) is 15.8. The summed E-state index contributed by atoms with van der Waals surface area (Å²) in [6.07, 6.45) is -9.58. The number of rotatable bonds is 9. The molecule has 4 aliphatic carbocycles. The summed E-state index contributed by atoms with van der Waals surface area (Å²) in [7, 11) is 0. The highest BCUT2D eigenvalue weighted by atomic mass is 16.6. The fraction of sp³-hybridized carbons (Fsp3) is 0.535. The SMILES string of the molecule is CC(=O)O[C@H]1C(=O)[C@]2(C)[C@H](O)C[C@H]3OC[C@@]3(OC(C)=O)[C@H]2[C@H](OC(=O)c2ccccc2)[C@]2(O)C[C@H](OC(=O)[C@@H](O)C3CC3NC(=O)c3ccccc3)C(C)=C1C2(C)C. The number of aliphatic hydroxyl groups is 3. The summed E-state index contributed by atoms with van der Waals surface area (Å²) >= 11 is 0. The number of ether oxygens (including phenoxy) is 5. The summed E-state index contributed by atoms with van der Waals surface area (Å²) in [5.74, 6) is -7.06. The van der Waals surface area contributed by atoms with Crippen molar-refractivity contribution in [2.24, 2.45) is 22.7 Å². The third-order valence-corrected chi connectivity index (χ3v) is 13.3. The molecular weight excluding hydrogens is 754 g/mol. The number of benzene rings is 2. The fourth-order valence-electron chi connectivity index (χ4n) is 9.97. The van der Waals surface area contributed by atoms with E-state index in [9.17, 15) is 39.3 Å². The van der Waals surface area contributed by atoms with Crippen LogP contribution in [0.3, 0.4) is 0 Å². The molecule has 58 heavy (non-hydrogen) atoms. The van der Waals surface area contributed by atoms with E-state index >= 15 is 4.79 Å². The van der Waals surface area contributed by atoms with Crippen LogP contribution in [0.25, 0.3) is 0 Å². The van der Waals surface area contributed by atoms with Crippen LogP contribution in [-0.4, -0.2) is 111 Å². The van der Waals surface area contributed by atoms with E-state index in [1.807, 2.05) is 0 Å². The van der Waals surface area contributed by atoms with Crippen LogP contribution in [0.2, 0.25) is 0 Å². The van der Waals surface area contributed by atoms with Crippen molar-refractivity contribution >= 4 is 35.6 Å². The first-order valence-corrected chi connectivity index (χ1v) is 19.4. The predicted molar refractivity (Wildman–Crippen MR) is 200 cm³/mol. The van der Waals surface area contributed by atoms with Crippen LogP contribution >= 0.6 is 0 Å². The Morgan fingerprint density at radius 1 is 0.879 bits per heavy atom. The standard InChI is InChI=1S/C43H49NO14/c1-21-28(56-39(52)32(48)26-17-27(26)44-37(50)24-13-9-7-10-14-24)19-43(53)36(57-38(51)25-15-11-8-12-16-25)34-41(6,29(47)18-30-42(34,20-54-30)58-23(3)46)35(49)33(55-22(2)45)31(21)40(43,4)5/h7-16,26-30,32-34,36,47-48,53H,17-20H2,1-6H3,(H,44,50)/t26?,27?,28-,29+,30+,32-,33+,34-,36-,41+,42-,43+/m0/s1. The smallest absolute Gasteiger partial charge is 0.338 e. The molecule has 15 nitrogen and oxygen atoms in total. The largest absolute Gasteiger partial charge is 0.456 e. The number of hydrogen-bond acceptors (Lipinski definition) is 14. The molecule has 310 valence electrons. The first-order chi connectivity index (χ1) is 27.3. The van der Waals surface area contributed by atoms with E-state index in [-0.39, 0.29) is 42.1 Å². The zero-order valence-corrected chi connectivity index (χ0v) is 33.1. The first kappa shape index (κ1) is 41.2. The zero-order chi connectivity index (χ0) is 42.1.